The lowest BCUT2D eigenvalue weighted by atomic mass is 10.0. The van der Waals surface area contributed by atoms with E-state index in [0.29, 0.717) is 23.8 Å². The molecule has 0 aliphatic rings. The van der Waals surface area contributed by atoms with Gasteiger partial charge in [0.25, 0.3) is 10.0 Å². The lowest BCUT2D eigenvalue weighted by Gasteiger charge is -2.11. The Morgan fingerprint density at radius 3 is 2.52 bits per heavy atom. The number of nitrogens with zero attached hydrogens (tertiary/aromatic N) is 2. The van der Waals surface area contributed by atoms with Gasteiger partial charge in [0.15, 0.2) is 0 Å². The van der Waals surface area contributed by atoms with Gasteiger partial charge in [0.2, 0.25) is 0 Å². The van der Waals surface area contributed by atoms with Crippen molar-refractivity contribution in [2.75, 3.05) is 4.83 Å². The van der Waals surface area contributed by atoms with Gasteiger partial charge in [0.1, 0.15) is 12.4 Å². The van der Waals surface area contributed by atoms with Crippen LogP contribution >= 0.6 is 0 Å². The molecule has 3 aromatic carbocycles. The Kier molecular flexibility index (Phi) is 5.69. The second-order valence-corrected chi connectivity index (χ2v) is 9.53. The van der Waals surface area contributed by atoms with E-state index in [2.05, 4.69) is 29.8 Å². The second kappa shape index (κ2) is 8.43. The van der Waals surface area contributed by atoms with Crippen molar-refractivity contribution < 1.29 is 13.2 Å². The molecule has 31 heavy (non-hydrogen) atoms. The van der Waals surface area contributed by atoms with Gasteiger partial charge in [-0.05, 0) is 48.2 Å². The van der Waals surface area contributed by atoms with E-state index >= 15 is 0 Å². The van der Waals surface area contributed by atoms with E-state index in [-0.39, 0.29) is 4.90 Å². The monoisotopic (exact) mass is 435 g/mol. The summed E-state index contributed by atoms with van der Waals surface area (Å²) in [5.74, 6) is 0.967. The minimum Gasteiger partial charge on any atom is -0.489 e. The highest BCUT2D eigenvalue weighted by atomic mass is 32.2. The van der Waals surface area contributed by atoms with E-state index in [9.17, 15) is 8.42 Å². The summed E-state index contributed by atoms with van der Waals surface area (Å²) < 4.78 is 31.6. The molecule has 0 bridgehead atoms. The first kappa shape index (κ1) is 20.9. The number of benzene rings is 3. The predicted octanol–water partition coefficient (Wildman–Crippen LogP) is 4.98. The van der Waals surface area contributed by atoms with Crippen molar-refractivity contribution >= 4 is 20.9 Å². The van der Waals surface area contributed by atoms with Gasteiger partial charge in [-0.25, -0.2) is 0 Å². The van der Waals surface area contributed by atoms with Crippen LogP contribution in [0.3, 0.4) is 0 Å². The molecule has 0 saturated heterocycles. The average molecular weight is 436 g/mol. The number of sulfonamides is 1. The van der Waals surface area contributed by atoms with Crippen LogP contribution in [0.4, 0.5) is 0 Å². The zero-order valence-electron chi connectivity index (χ0n) is 17.7. The summed E-state index contributed by atoms with van der Waals surface area (Å²) in [4.78, 5) is 3.99. The normalized spacial score (nSPS) is 11.7. The molecule has 0 spiro atoms. The Morgan fingerprint density at radius 1 is 1.03 bits per heavy atom. The maximum absolute atomic E-state index is 12.8. The first-order valence-corrected chi connectivity index (χ1v) is 11.6. The highest BCUT2D eigenvalue weighted by Crippen LogP contribution is 2.23. The van der Waals surface area contributed by atoms with Crippen LogP contribution in [0.2, 0.25) is 0 Å². The fourth-order valence-corrected chi connectivity index (χ4v) is 4.30. The van der Waals surface area contributed by atoms with E-state index in [1.807, 2.05) is 49.4 Å². The number of ether oxygens (including phenoxy) is 1. The summed E-state index contributed by atoms with van der Waals surface area (Å²) in [5.41, 5.74) is 3.94. The topological polar surface area (TPSA) is 73.2 Å². The molecular weight excluding hydrogens is 410 g/mol. The van der Waals surface area contributed by atoms with Crippen molar-refractivity contribution in [3.63, 3.8) is 0 Å². The molecule has 0 aliphatic heterocycles. The van der Waals surface area contributed by atoms with Gasteiger partial charge in [-0.1, -0.05) is 55.8 Å². The van der Waals surface area contributed by atoms with Crippen LogP contribution in [0, 0.1) is 6.92 Å². The Balaban J connectivity index is 1.55. The van der Waals surface area contributed by atoms with Crippen LogP contribution < -0.4 is 9.57 Å². The number of hydrogen-bond donors (Lipinski definition) is 1. The first-order chi connectivity index (χ1) is 14.8. The van der Waals surface area contributed by atoms with Crippen molar-refractivity contribution in [3.05, 3.63) is 89.6 Å². The summed E-state index contributed by atoms with van der Waals surface area (Å²) in [5, 5.41) is 5.00. The van der Waals surface area contributed by atoms with Gasteiger partial charge in [0, 0.05) is 11.5 Å². The fourth-order valence-electron chi connectivity index (χ4n) is 3.33. The van der Waals surface area contributed by atoms with E-state index in [0.717, 1.165) is 16.5 Å². The lowest BCUT2D eigenvalue weighted by Crippen LogP contribution is -2.24. The van der Waals surface area contributed by atoms with Crippen molar-refractivity contribution in [3.8, 4) is 5.75 Å². The number of aromatic nitrogens is 2. The molecule has 0 fully saturated rings. The Bertz CT molecular complexity index is 1310. The molecule has 7 heteroatoms. The van der Waals surface area contributed by atoms with Crippen molar-refractivity contribution in [1.29, 1.82) is 0 Å². The summed E-state index contributed by atoms with van der Waals surface area (Å²) >= 11 is 0. The number of aryl methyl sites for hydroxylation is 1. The molecule has 4 aromatic rings. The third-order valence-electron chi connectivity index (χ3n) is 5.09. The number of hydrogen-bond acceptors (Lipinski definition) is 4. The molecule has 6 nitrogen and oxygen atoms in total. The van der Waals surface area contributed by atoms with Crippen molar-refractivity contribution in [2.45, 2.75) is 38.2 Å². The highest BCUT2D eigenvalue weighted by Gasteiger charge is 2.16. The van der Waals surface area contributed by atoms with E-state index in [1.165, 1.54) is 10.4 Å². The number of rotatable bonds is 7. The molecule has 1 aromatic heterocycles. The summed E-state index contributed by atoms with van der Waals surface area (Å²) in [6.07, 6.45) is 1.62. The van der Waals surface area contributed by atoms with Gasteiger partial charge < -0.3 is 4.74 Å². The fraction of sp³-hybridized carbons (Fsp3) is 0.208. The van der Waals surface area contributed by atoms with E-state index in [4.69, 9.17) is 4.74 Å². The SMILES string of the molecule is Cc1cccc(COc2ccc3cnn(NS(=O)(=O)c4ccc(C(C)C)cc4)c3c2)c1. The van der Waals surface area contributed by atoms with Crippen LogP contribution in [0.15, 0.2) is 77.8 Å². The molecular formula is C24H25N3O3S. The summed E-state index contributed by atoms with van der Waals surface area (Å²) in [6.45, 7) is 6.60. The number of fused-ring (bicyclic) bond motifs is 1. The third kappa shape index (κ3) is 4.72. The van der Waals surface area contributed by atoms with E-state index in [1.54, 1.807) is 24.4 Å². The van der Waals surface area contributed by atoms with Gasteiger partial charge in [-0.15, -0.1) is 0 Å². The van der Waals surface area contributed by atoms with Gasteiger partial charge >= 0.3 is 0 Å². The molecule has 1 N–H and O–H groups in total. The van der Waals surface area contributed by atoms with Crippen LogP contribution in [-0.4, -0.2) is 18.3 Å². The smallest absolute Gasteiger partial charge is 0.276 e. The van der Waals surface area contributed by atoms with Crippen LogP contribution in [0.25, 0.3) is 10.9 Å². The molecule has 0 amide bonds. The van der Waals surface area contributed by atoms with Gasteiger partial charge in [0.05, 0.1) is 16.6 Å². The number of nitrogens with one attached hydrogen (secondary N) is 1. The van der Waals surface area contributed by atoms with Gasteiger partial charge in [-0.2, -0.15) is 23.1 Å². The van der Waals surface area contributed by atoms with Crippen LogP contribution in [0.1, 0.15) is 36.5 Å². The Morgan fingerprint density at radius 2 is 1.81 bits per heavy atom. The zero-order valence-corrected chi connectivity index (χ0v) is 18.6. The zero-order chi connectivity index (χ0) is 22.0. The molecule has 0 aliphatic carbocycles. The molecule has 0 unspecified atom stereocenters. The Hall–Kier alpha value is -3.32. The Labute approximate surface area is 182 Å². The maximum Gasteiger partial charge on any atom is 0.276 e. The third-order valence-corrected chi connectivity index (χ3v) is 6.40. The average Bonchev–Trinajstić information content (AvgIpc) is 3.14. The quantitative estimate of drug-likeness (QED) is 0.444. The standard InChI is InChI=1S/C24H25N3O3S/c1-17(2)20-8-11-23(12-9-20)31(28,29)26-27-24-14-22(10-7-21(24)15-25-27)30-16-19-6-4-5-18(3)13-19/h4-15,17,26H,16H2,1-3H3. The van der Waals surface area contributed by atoms with Crippen molar-refractivity contribution in [2.24, 2.45) is 0 Å². The van der Waals surface area contributed by atoms with E-state index < -0.39 is 10.0 Å². The van der Waals surface area contributed by atoms with Crippen LogP contribution in [0.5, 0.6) is 5.75 Å². The first-order valence-electron chi connectivity index (χ1n) is 10.1. The highest BCUT2D eigenvalue weighted by molar-refractivity contribution is 7.92. The lowest BCUT2D eigenvalue weighted by molar-refractivity contribution is 0.306. The predicted molar refractivity (Wildman–Crippen MR) is 122 cm³/mol. The molecule has 0 saturated carbocycles. The largest absolute Gasteiger partial charge is 0.489 e. The second-order valence-electron chi connectivity index (χ2n) is 7.87. The molecule has 160 valence electrons. The molecule has 0 radical (unpaired) electrons. The van der Waals surface area contributed by atoms with Gasteiger partial charge in [-0.3, -0.25) is 0 Å². The molecule has 4 rings (SSSR count). The molecule has 0 atom stereocenters. The minimum absolute atomic E-state index is 0.187. The maximum atomic E-state index is 12.8. The molecule has 1 heterocycles. The summed E-state index contributed by atoms with van der Waals surface area (Å²) in [6, 6.07) is 20.5. The minimum atomic E-state index is -3.78. The van der Waals surface area contributed by atoms with Crippen molar-refractivity contribution in [1.82, 2.24) is 9.89 Å². The summed E-state index contributed by atoms with van der Waals surface area (Å²) in [7, 11) is -3.78. The van der Waals surface area contributed by atoms with Crippen LogP contribution in [-0.2, 0) is 16.6 Å².